The van der Waals surface area contributed by atoms with Gasteiger partial charge < -0.3 is 14.8 Å². The number of hydrogen-bond acceptors (Lipinski definition) is 5. The monoisotopic (exact) mass is 392 g/mol. The van der Waals surface area contributed by atoms with Gasteiger partial charge in [-0.25, -0.2) is 8.42 Å². The summed E-state index contributed by atoms with van der Waals surface area (Å²) < 4.78 is 38.2. The van der Waals surface area contributed by atoms with Gasteiger partial charge >= 0.3 is 0 Å². The summed E-state index contributed by atoms with van der Waals surface area (Å²) in [6, 6.07) is 10.6. The maximum Gasteiger partial charge on any atom is 0.261 e. The first-order chi connectivity index (χ1) is 12.8. The van der Waals surface area contributed by atoms with Crippen molar-refractivity contribution in [3.05, 3.63) is 48.0 Å². The van der Waals surface area contributed by atoms with Crippen LogP contribution in [0.2, 0.25) is 0 Å². The summed E-state index contributed by atoms with van der Waals surface area (Å²) in [5.74, 6) is 0.878. The van der Waals surface area contributed by atoms with Crippen molar-refractivity contribution in [2.45, 2.75) is 18.7 Å². The molecule has 0 radical (unpaired) electrons. The lowest BCUT2D eigenvalue weighted by Crippen LogP contribution is -2.27. The molecule has 2 N–H and O–H groups in total. The van der Waals surface area contributed by atoms with E-state index in [1.807, 2.05) is 13.8 Å². The highest BCUT2D eigenvalue weighted by Crippen LogP contribution is 2.30. The molecular formula is C19H24N2O5S. The minimum absolute atomic E-state index is 0.00511. The Morgan fingerprint density at radius 1 is 1.04 bits per heavy atom. The first-order valence-corrected chi connectivity index (χ1v) is 9.88. The third kappa shape index (κ3) is 5.37. The molecule has 0 aromatic heterocycles. The summed E-state index contributed by atoms with van der Waals surface area (Å²) >= 11 is 0. The molecule has 7 nitrogen and oxygen atoms in total. The van der Waals surface area contributed by atoms with Crippen LogP contribution in [-0.4, -0.2) is 35.1 Å². The molecule has 27 heavy (non-hydrogen) atoms. The zero-order valence-electron chi connectivity index (χ0n) is 15.8. The number of nitrogens with one attached hydrogen (secondary N) is 2. The lowest BCUT2D eigenvalue weighted by molar-refractivity contribution is 0.0949. The predicted molar refractivity (Wildman–Crippen MR) is 104 cm³/mol. The molecule has 0 bridgehead atoms. The van der Waals surface area contributed by atoms with Gasteiger partial charge in [-0.3, -0.25) is 9.52 Å². The fourth-order valence-electron chi connectivity index (χ4n) is 2.32. The zero-order valence-corrected chi connectivity index (χ0v) is 16.6. The van der Waals surface area contributed by atoms with Crippen LogP contribution in [0, 0.1) is 5.92 Å². The van der Waals surface area contributed by atoms with E-state index in [9.17, 15) is 13.2 Å². The molecule has 2 aromatic rings. The topological polar surface area (TPSA) is 93.7 Å². The minimum Gasteiger partial charge on any atom is -0.493 e. The fourth-order valence-corrected chi connectivity index (χ4v) is 3.41. The predicted octanol–water partition coefficient (Wildman–Crippen LogP) is 2.89. The Bertz CT molecular complexity index is 910. The smallest absolute Gasteiger partial charge is 0.261 e. The molecule has 0 aliphatic carbocycles. The van der Waals surface area contributed by atoms with Crippen molar-refractivity contribution in [2.75, 3.05) is 25.5 Å². The van der Waals surface area contributed by atoms with Crippen LogP contribution in [0.4, 0.5) is 5.69 Å². The summed E-state index contributed by atoms with van der Waals surface area (Å²) in [7, 11) is -0.906. The summed E-state index contributed by atoms with van der Waals surface area (Å²) in [6.07, 6.45) is 0. The molecule has 0 heterocycles. The number of carbonyl (C=O) groups excluding carboxylic acids is 1. The van der Waals surface area contributed by atoms with Crippen LogP contribution < -0.4 is 19.5 Å². The largest absolute Gasteiger partial charge is 0.493 e. The Balaban J connectivity index is 2.24. The van der Waals surface area contributed by atoms with E-state index in [0.717, 1.165) is 0 Å². The van der Waals surface area contributed by atoms with E-state index < -0.39 is 10.0 Å². The summed E-state index contributed by atoms with van der Waals surface area (Å²) in [6.45, 7) is 4.47. The normalized spacial score (nSPS) is 11.1. The Labute approximate surface area is 159 Å². The molecule has 0 unspecified atom stereocenters. The van der Waals surface area contributed by atoms with Gasteiger partial charge in [0.05, 0.1) is 24.8 Å². The highest BCUT2D eigenvalue weighted by atomic mass is 32.2. The highest BCUT2D eigenvalue weighted by molar-refractivity contribution is 7.92. The highest BCUT2D eigenvalue weighted by Gasteiger charge is 2.17. The van der Waals surface area contributed by atoms with Crippen LogP contribution in [0.5, 0.6) is 11.5 Å². The molecule has 8 heteroatoms. The fraction of sp³-hybridized carbons (Fsp3) is 0.316. The number of methoxy groups -OCH3 is 2. The van der Waals surface area contributed by atoms with Crippen molar-refractivity contribution in [1.29, 1.82) is 0 Å². The zero-order chi connectivity index (χ0) is 20.0. The van der Waals surface area contributed by atoms with E-state index in [-0.39, 0.29) is 16.4 Å². The van der Waals surface area contributed by atoms with Gasteiger partial charge in [0, 0.05) is 18.2 Å². The molecule has 146 valence electrons. The van der Waals surface area contributed by atoms with Gasteiger partial charge in [0.1, 0.15) is 0 Å². The van der Waals surface area contributed by atoms with Gasteiger partial charge in [-0.15, -0.1) is 0 Å². The first-order valence-electron chi connectivity index (χ1n) is 8.40. The Hall–Kier alpha value is -2.74. The molecule has 0 saturated carbocycles. The second-order valence-corrected chi connectivity index (χ2v) is 7.99. The maximum absolute atomic E-state index is 12.7. The average molecular weight is 392 g/mol. The molecule has 2 rings (SSSR count). The van der Waals surface area contributed by atoms with Crippen LogP contribution in [0.15, 0.2) is 47.4 Å². The second-order valence-electron chi connectivity index (χ2n) is 6.31. The van der Waals surface area contributed by atoms with E-state index in [1.54, 1.807) is 18.2 Å². The molecule has 0 fully saturated rings. The van der Waals surface area contributed by atoms with Gasteiger partial charge in [0.25, 0.3) is 15.9 Å². The number of hydrogen-bond donors (Lipinski definition) is 2. The van der Waals surface area contributed by atoms with Crippen molar-refractivity contribution in [3.8, 4) is 11.5 Å². The Morgan fingerprint density at radius 3 is 2.37 bits per heavy atom. The van der Waals surface area contributed by atoms with E-state index in [1.165, 1.54) is 38.5 Å². The van der Waals surface area contributed by atoms with E-state index >= 15 is 0 Å². The molecule has 1 amide bonds. The minimum atomic E-state index is -3.87. The van der Waals surface area contributed by atoms with Gasteiger partial charge in [-0.1, -0.05) is 19.9 Å². The molecular weight excluding hydrogens is 368 g/mol. The van der Waals surface area contributed by atoms with Crippen LogP contribution in [0.1, 0.15) is 24.2 Å². The third-order valence-electron chi connectivity index (χ3n) is 3.71. The average Bonchev–Trinajstić information content (AvgIpc) is 2.65. The van der Waals surface area contributed by atoms with Gasteiger partial charge in [-0.2, -0.15) is 0 Å². The number of benzene rings is 2. The number of rotatable bonds is 8. The molecule has 0 aliphatic heterocycles. The van der Waals surface area contributed by atoms with Gasteiger partial charge in [-0.05, 0) is 36.2 Å². The number of amides is 1. The second kappa shape index (κ2) is 8.77. The first kappa shape index (κ1) is 20.6. The van der Waals surface area contributed by atoms with Crippen LogP contribution in [-0.2, 0) is 10.0 Å². The molecule has 0 saturated heterocycles. The maximum atomic E-state index is 12.7. The van der Waals surface area contributed by atoms with Crippen LogP contribution >= 0.6 is 0 Å². The van der Waals surface area contributed by atoms with Crippen LogP contribution in [0.25, 0.3) is 0 Å². The quantitative estimate of drug-likeness (QED) is 0.720. The number of ether oxygens (including phenoxy) is 2. The van der Waals surface area contributed by atoms with Crippen molar-refractivity contribution >= 4 is 21.6 Å². The standard InChI is InChI=1S/C19H24N2O5S/c1-13(2)12-20-19(22)14-6-5-7-16(10-14)27(23,24)21-15-8-9-17(25-3)18(11-15)26-4/h5-11,13,21H,12H2,1-4H3,(H,20,22). The van der Waals surface area contributed by atoms with Gasteiger partial charge in [0.2, 0.25) is 0 Å². The van der Waals surface area contributed by atoms with E-state index in [0.29, 0.717) is 29.6 Å². The van der Waals surface area contributed by atoms with Gasteiger partial charge in [0.15, 0.2) is 11.5 Å². The van der Waals surface area contributed by atoms with Crippen molar-refractivity contribution in [3.63, 3.8) is 0 Å². The molecule has 2 aromatic carbocycles. The number of anilines is 1. The summed E-state index contributed by atoms with van der Waals surface area (Å²) in [5, 5.41) is 2.77. The molecule has 0 atom stereocenters. The van der Waals surface area contributed by atoms with Crippen molar-refractivity contribution in [2.24, 2.45) is 5.92 Å². The molecule has 0 aliphatic rings. The Morgan fingerprint density at radius 2 is 1.74 bits per heavy atom. The number of carbonyl (C=O) groups is 1. The summed E-state index contributed by atoms with van der Waals surface area (Å²) in [5.41, 5.74) is 0.605. The lowest BCUT2D eigenvalue weighted by atomic mass is 10.2. The third-order valence-corrected chi connectivity index (χ3v) is 5.09. The summed E-state index contributed by atoms with van der Waals surface area (Å²) in [4.78, 5) is 12.2. The van der Waals surface area contributed by atoms with Crippen molar-refractivity contribution < 1.29 is 22.7 Å². The SMILES string of the molecule is COc1ccc(NS(=O)(=O)c2cccc(C(=O)NCC(C)C)c2)cc1OC. The van der Waals surface area contributed by atoms with E-state index in [4.69, 9.17) is 9.47 Å². The van der Waals surface area contributed by atoms with Crippen LogP contribution in [0.3, 0.4) is 0 Å². The number of sulfonamides is 1. The van der Waals surface area contributed by atoms with E-state index in [2.05, 4.69) is 10.0 Å². The lowest BCUT2D eigenvalue weighted by Gasteiger charge is -2.13. The Kier molecular flexibility index (Phi) is 6.68. The van der Waals surface area contributed by atoms with Crippen molar-refractivity contribution in [1.82, 2.24) is 5.32 Å². The molecule has 0 spiro atoms.